The van der Waals surface area contributed by atoms with E-state index in [2.05, 4.69) is 24.1 Å². The SMILES string of the molecule is Cc1ccc(C(=O)NC(CC(C)C)C2CCN(C(=O)Oc3cccnc3C)CC2)s1. The first kappa shape index (κ1) is 22.3. The van der Waals surface area contributed by atoms with Crippen LogP contribution in [-0.4, -0.2) is 41.0 Å². The molecule has 1 atom stereocenters. The highest BCUT2D eigenvalue weighted by atomic mass is 32.1. The predicted molar refractivity (Wildman–Crippen MR) is 119 cm³/mol. The lowest BCUT2D eigenvalue weighted by Crippen LogP contribution is -2.47. The number of thiophene rings is 1. The van der Waals surface area contributed by atoms with Crippen molar-refractivity contribution < 1.29 is 14.3 Å². The van der Waals surface area contributed by atoms with Crippen LogP contribution in [0.25, 0.3) is 0 Å². The van der Waals surface area contributed by atoms with Crippen molar-refractivity contribution in [2.75, 3.05) is 13.1 Å². The molecule has 0 spiro atoms. The maximum absolute atomic E-state index is 12.7. The third kappa shape index (κ3) is 5.81. The van der Waals surface area contributed by atoms with Crippen LogP contribution in [0, 0.1) is 25.7 Å². The number of amides is 2. The summed E-state index contributed by atoms with van der Waals surface area (Å²) in [5, 5.41) is 3.27. The molecule has 2 aromatic heterocycles. The minimum absolute atomic E-state index is 0.00708. The van der Waals surface area contributed by atoms with Gasteiger partial charge in [0.25, 0.3) is 5.91 Å². The summed E-state index contributed by atoms with van der Waals surface area (Å²) in [5.74, 6) is 1.34. The summed E-state index contributed by atoms with van der Waals surface area (Å²) in [6, 6.07) is 7.49. The third-order valence-corrected chi connectivity index (χ3v) is 6.53. The van der Waals surface area contributed by atoms with Crippen molar-refractivity contribution in [2.45, 2.75) is 53.0 Å². The van der Waals surface area contributed by atoms with E-state index in [4.69, 9.17) is 4.74 Å². The number of aryl methyl sites for hydroxylation is 2. The van der Waals surface area contributed by atoms with E-state index < -0.39 is 0 Å². The Balaban J connectivity index is 1.57. The molecule has 0 aromatic carbocycles. The van der Waals surface area contributed by atoms with Crippen molar-refractivity contribution in [3.8, 4) is 5.75 Å². The van der Waals surface area contributed by atoms with Crippen LogP contribution < -0.4 is 10.1 Å². The first-order valence-electron chi connectivity index (χ1n) is 10.6. The number of carbonyl (C=O) groups is 2. The Labute approximate surface area is 182 Å². The molecule has 0 saturated carbocycles. The number of hydrogen-bond donors (Lipinski definition) is 1. The molecule has 3 rings (SSSR count). The van der Waals surface area contributed by atoms with Gasteiger partial charge in [-0.15, -0.1) is 11.3 Å². The molecule has 0 aliphatic carbocycles. The molecule has 1 aliphatic rings. The predicted octanol–water partition coefficient (Wildman–Crippen LogP) is 4.82. The molecule has 1 fully saturated rings. The third-order valence-electron chi connectivity index (χ3n) is 5.53. The average Bonchev–Trinajstić information content (AvgIpc) is 3.15. The number of rotatable bonds is 6. The molecule has 1 saturated heterocycles. The van der Waals surface area contributed by atoms with Gasteiger partial charge >= 0.3 is 6.09 Å². The van der Waals surface area contributed by atoms with Gasteiger partial charge in [0.2, 0.25) is 0 Å². The van der Waals surface area contributed by atoms with Crippen LogP contribution in [0.1, 0.15) is 53.4 Å². The molecule has 6 nitrogen and oxygen atoms in total. The Morgan fingerprint density at radius 3 is 2.57 bits per heavy atom. The molecule has 1 unspecified atom stereocenters. The van der Waals surface area contributed by atoms with Crippen LogP contribution in [0.4, 0.5) is 4.79 Å². The van der Waals surface area contributed by atoms with Crippen LogP contribution in [0.3, 0.4) is 0 Å². The van der Waals surface area contributed by atoms with Gasteiger partial charge in [0.15, 0.2) is 5.75 Å². The molecule has 3 heterocycles. The second kappa shape index (κ2) is 10.1. The summed E-state index contributed by atoms with van der Waals surface area (Å²) in [5.41, 5.74) is 0.698. The summed E-state index contributed by atoms with van der Waals surface area (Å²) >= 11 is 1.52. The van der Waals surface area contributed by atoms with E-state index in [1.165, 1.54) is 11.3 Å². The lowest BCUT2D eigenvalue weighted by atomic mass is 9.85. The fourth-order valence-electron chi connectivity index (χ4n) is 3.89. The number of carbonyl (C=O) groups excluding carboxylic acids is 2. The monoisotopic (exact) mass is 429 g/mol. The van der Waals surface area contributed by atoms with Crippen molar-refractivity contribution in [3.63, 3.8) is 0 Å². The minimum atomic E-state index is -0.331. The number of aromatic nitrogens is 1. The molecule has 0 bridgehead atoms. The summed E-state index contributed by atoms with van der Waals surface area (Å²) in [6.07, 6.45) is 3.98. The summed E-state index contributed by atoms with van der Waals surface area (Å²) in [6.45, 7) is 9.45. The van der Waals surface area contributed by atoms with E-state index in [0.29, 0.717) is 36.4 Å². The van der Waals surface area contributed by atoms with Gasteiger partial charge in [-0.2, -0.15) is 0 Å². The molecule has 1 N–H and O–H groups in total. The van der Waals surface area contributed by atoms with Crippen LogP contribution in [0.5, 0.6) is 5.75 Å². The highest BCUT2D eigenvalue weighted by molar-refractivity contribution is 7.13. The number of hydrogen-bond acceptors (Lipinski definition) is 5. The van der Waals surface area contributed by atoms with Crippen molar-refractivity contribution >= 4 is 23.3 Å². The van der Waals surface area contributed by atoms with E-state index in [1.807, 2.05) is 26.0 Å². The van der Waals surface area contributed by atoms with Gasteiger partial charge in [-0.25, -0.2) is 4.79 Å². The Morgan fingerprint density at radius 2 is 1.97 bits per heavy atom. The van der Waals surface area contributed by atoms with E-state index in [0.717, 1.165) is 29.0 Å². The number of nitrogens with zero attached hydrogens (tertiary/aromatic N) is 2. The highest BCUT2D eigenvalue weighted by Gasteiger charge is 2.31. The lowest BCUT2D eigenvalue weighted by molar-refractivity contribution is 0.0875. The Hall–Kier alpha value is -2.41. The van der Waals surface area contributed by atoms with Crippen molar-refractivity contribution in [1.29, 1.82) is 0 Å². The number of ether oxygens (including phenoxy) is 1. The van der Waals surface area contributed by atoms with Crippen molar-refractivity contribution in [2.24, 2.45) is 11.8 Å². The van der Waals surface area contributed by atoms with Gasteiger partial charge in [0, 0.05) is 30.2 Å². The molecule has 0 radical (unpaired) electrons. The Morgan fingerprint density at radius 1 is 1.23 bits per heavy atom. The van der Waals surface area contributed by atoms with Crippen molar-refractivity contribution in [3.05, 3.63) is 45.9 Å². The number of nitrogens with one attached hydrogen (secondary N) is 1. The number of likely N-dealkylation sites (tertiary alicyclic amines) is 1. The van der Waals surface area contributed by atoms with Crippen molar-refractivity contribution in [1.82, 2.24) is 15.2 Å². The van der Waals surface area contributed by atoms with E-state index in [1.54, 1.807) is 23.2 Å². The first-order chi connectivity index (χ1) is 14.3. The quantitative estimate of drug-likeness (QED) is 0.715. The molecule has 7 heteroatoms. The molecule has 2 amide bonds. The first-order valence-corrected chi connectivity index (χ1v) is 11.4. The largest absolute Gasteiger partial charge is 0.415 e. The second-order valence-corrected chi connectivity index (χ2v) is 9.69. The van der Waals surface area contributed by atoms with Crippen LogP contribution in [-0.2, 0) is 0 Å². The standard InChI is InChI=1S/C23H31N3O3S/c1-15(2)14-19(25-22(27)21-8-7-16(3)30-21)18-9-12-26(13-10-18)23(28)29-20-6-5-11-24-17(20)4/h5-8,11,15,18-19H,9-10,12-14H2,1-4H3,(H,25,27). The lowest BCUT2D eigenvalue weighted by Gasteiger charge is -2.36. The normalized spacial score (nSPS) is 15.8. The maximum Gasteiger partial charge on any atom is 0.415 e. The van der Waals surface area contributed by atoms with Crippen LogP contribution in [0.15, 0.2) is 30.5 Å². The second-order valence-electron chi connectivity index (χ2n) is 8.40. The molecule has 1 aliphatic heterocycles. The number of piperidine rings is 1. The summed E-state index contributed by atoms with van der Waals surface area (Å²) < 4.78 is 5.53. The Kier molecular flexibility index (Phi) is 7.48. The molecule has 162 valence electrons. The molecule has 30 heavy (non-hydrogen) atoms. The van der Waals surface area contributed by atoms with E-state index >= 15 is 0 Å². The van der Waals surface area contributed by atoms with Gasteiger partial charge in [-0.05, 0) is 69.2 Å². The Bertz CT molecular complexity index is 872. The van der Waals surface area contributed by atoms with E-state index in [9.17, 15) is 9.59 Å². The van der Waals surface area contributed by atoms with Gasteiger partial charge < -0.3 is 15.0 Å². The molecule has 2 aromatic rings. The smallest absolute Gasteiger partial charge is 0.408 e. The van der Waals surface area contributed by atoms with Gasteiger partial charge in [0.05, 0.1) is 10.6 Å². The zero-order valence-corrected chi connectivity index (χ0v) is 19.0. The van der Waals surface area contributed by atoms with Gasteiger partial charge in [-0.1, -0.05) is 13.8 Å². The van der Waals surface area contributed by atoms with Crippen LogP contribution in [0.2, 0.25) is 0 Å². The molecular formula is C23H31N3O3S. The van der Waals surface area contributed by atoms with E-state index in [-0.39, 0.29) is 18.0 Å². The summed E-state index contributed by atoms with van der Waals surface area (Å²) in [4.78, 5) is 33.1. The fourth-order valence-corrected chi connectivity index (χ4v) is 4.66. The van der Waals surface area contributed by atoms with Gasteiger partial charge in [-0.3, -0.25) is 9.78 Å². The summed E-state index contributed by atoms with van der Waals surface area (Å²) in [7, 11) is 0. The maximum atomic E-state index is 12.7. The molecular weight excluding hydrogens is 398 g/mol. The van der Waals surface area contributed by atoms with Gasteiger partial charge in [0.1, 0.15) is 0 Å². The number of pyridine rings is 1. The zero-order chi connectivity index (χ0) is 21.7. The average molecular weight is 430 g/mol. The zero-order valence-electron chi connectivity index (χ0n) is 18.2. The fraction of sp³-hybridized carbons (Fsp3) is 0.522. The van der Waals surface area contributed by atoms with Crippen LogP contribution >= 0.6 is 11.3 Å². The highest BCUT2D eigenvalue weighted by Crippen LogP contribution is 2.26. The topological polar surface area (TPSA) is 71.5 Å². The minimum Gasteiger partial charge on any atom is -0.408 e.